The van der Waals surface area contributed by atoms with Gasteiger partial charge in [0.25, 0.3) is 0 Å². The zero-order valence-electron chi connectivity index (χ0n) is 9.84. The normalized spacial score (nSPS) is 20.6. The lowest BCUT2D eigenvalue weighted by Gasteiger charge is -2.02. The molecule has 2 rings (SSSR count). The van der Waals surface area contributed by atoms with Crippen molar-refractivity contribution in [3.63, 3.8) is 0 Å². The molecule has 1 unspecified atom stereocenters. The minimum absolute atomic E-state index is 0.156. The van der Waals surface area contributed by atoms with Crippen molar-refractivity contribution in [2.24, 2.45) is 5.92 Å². The van der Waals surface area contributed by atoms with Crippen LogP contribution in [0.4, 0.5) is 0 Å². The van der Waals surface area contributed by atoms with Crippen LogP contribution >= 0.6 is 0 Å². The molecule has 1 aromatic carbocycles. The van der Waals surface area contributed by atoms with Gasteiger partial charge in [-0.2, -0.15) is 5.26 Å². The zero-order chi connectivity index (χ0) is 13.1. The first-order chi connectivity index (χ1) is 8.61. The molecule has 0 aliphatic carbocycles. The summed E-state index contributed by atoms with van der Waals surface area (Å²) < 4.78 is 4.88. The molecule has 0 spiro atoms. The monoisotopic (exact) mass is 241 g/mol. The molecular weight excluding hydrogens is 230 g/mol. The van der Waals surface area contributed by atoms with Gasteiger partial charge in [0.2, 0.25) is 0 Å². The Labute approximate surface area is 104 Å². The van der Waals surface area contributed by atoms with E-state index in [2.05, 4.69) is 0 Å². The Morgan fingerprint density at radius 3 is 2.67 bits per heavy atom. The van der Waals surface area contributed by atoms with E-state index >= 15 is 0 Å². The second-order valence-corrected chi connectivity index (χ2v) is 4.10. The first kappa shape index (κ1) is 12.1. The molecule has 1 aliphatic heterocycles. The number of Topliss-reactive ketones (excluding diaryl/α,β-unsaturated/α-hetero) is 1. The van der Waals surface area contributed by atoms with E-state index < -0.39 is 11.9 Å². The Hall–Kier alpha value is -2.41. The van der Waals surface area contributed by atoms with Gasteiger partial charge < -0.3 is 4.74 Å². The van der Waals surface area contributed by atoms with E-state index in [4.69, 9.17) is 10.00 Å². The van der Waals surface area contributed by atoms with Gasteiger partial charge in [-0.3, -0.25) is 9.59 Å². The predicted octanol–water partition coefficient (Wildman–Crippen LogP) is 1.70. The van der Waals surface area contributed by atoms with Crippen molar-refractivity contribution in [3.05, 3.63) is 41.0 Å². The van der Waals surface area contributed by atoms with E-state index in [9.17, 15) is 9.59 Å². The average molecular weight is 241 g/mol. The highest BCUT2D eigenvalue weighted by Gasteiger charge is 2.35. The molecule has 90 valence electrons. The quantitative estimate of drug-likeness (QED) is 0.584. The number of nitrogens with zero attached hydrogens (tertiary/aromatic N) is 1. The van der Waals surface area contributed by atoms with E-state index in [0.717, 1.165) is 5.56 Å². The summed E-state index contributed by atoms with van der Waals surface area (Å²) in [5.74, 6) is -1.47. The molecule has 4 nitrogen and oxygen atoms in total. The van der Waals surface area contributed by atoms with E-state index in [0.29, 0.717) is 11.1 Å². The summed E-state index contributed by atoms with van der Waals surface area (Å²) in [5.41, 5.74) is 2.07. The molecule has 1 fully saturated rings. The number of carbonyl (C=O) groups is 2. The Bertz CT molecular complexity index is 564. The fourth-order valence-electron chi connectivity index (χ4n) is 1.89. The number of esters is 1. The van der Waals surface area contributed by atoms with Crippen molar-refractivity contribution in [1.29, 1.82) is 5.26 Å². The van der Waals surface area contributed by atoms with Crippen LogP contribution in [0.1, 0.15) is 18.1 Å². The maximum absolute atomic E-state index is 11.4. The van der Waals surface area contributed by atoms with Crippen LogP contribution in [0.15, 0.2) is 29.8 Å². The van der Waals surface area contributed by atoms with Gasteiger partial charge in [0, 0.05) is 0 Å². The van der Waals surface area contributed by atoms with Gasteiger partial charge >= 0.3 is 5.97 Å². The predicted molar refractivity (Wildman–Crippen MR) is 64.3 cm³/mol. The van der Waals surface area contributed by atoms with E-state index in [-0.39, 0.29) is 12.4 Å². The maximum atomic E-state index is 11.4. The lowest BCUT2D eigenvalue weighted by atomic mass is 9.96. The SMILES string of the molecule is CC(=O)C1C(=O)OCC1=Cc1ccc(C#N)cc1. The standard InChI is InChI=1S/C14H11NO3/c1-9(16)13-12(8-18-14(13)17)6-10-2-4-11(7-15)5-3-10/h2-6,13H,8H2,1H3. The molecule has 4 heteroatoms. The average Bonchev–Trinajstić information content (AvgIpc) is 2.71. The third-order valence-electron chi connectivity index (χ3n) is 2.79. The van der Waals surface area contributed by atoms with Gasteiger partial charge in [-0.15, -0.1) is 0 Å². The third-order valence-corrected chi connectivity index (χ3v) is 2.79. The van der Waals surface area contributed by atoms with Crippen molar-refractivity contribution in [2.75, 3.05) is 6.61 Å². The number of nitriles is 1. The van der Waals surface area contributed by atoms with Crippen LogP contribution in [0.2, 0.25) is 0 Å². The molecule has 0 radical (unpaired) electrons. The molecule has 0 aromatic heterocycles. The number of benzene rings is 1. The number of hydrogen-bond acceptors (Lipinski definition) is 4. The van der Waals surface area contributed by atoms with E-state index in [1.165, 1.54) is 6.92 Å². The lowest BCUT2D eigenvalue weighted by Crippen LogP contribution is -2.17. The second kappa shape index (κ2) is 4.84. The van der Waals surface area contributed by atoms with Gasteiger partial charge in [-0.05, 0) is 30.2 Å². The molecule has 1 heterocycles. The van der Waals surface area contributed by atoms with Gasteiger partial charge in [-0.25, -0.2) is 0 Å². The van der Waals surface area contributed by atoms with Crippen LogP contribution < -0.4 is 0 Å². The van der Waals surface area contributed by atoms with Crippen LogP contribution in [-0.4, -0.2) is 18.4 Å². The Morgan fingerprint density at radius 1 is 1.44 bits per heavy atom. The van der Waals surface area contributed by atoms with Gasteiger partial charge in [0.15, 0.2) is 0 Å². The molecule has 1 atom stereocenters. The van der Waals surface area contributed by atoms with Gasteiger partial charge in [-0.1, -0.05) is 18.2 Å². The number of hydrogen-bond donors (Lipinski definition) is 0. The highest BCUT2D eigenvalue weighted by molar-refractivity contribution is 6.03. The summed E-state index contributed by atoms with van der Waals surface area (Å²) in [5, 5.41) is 8.69. The summed E-state index contributed by atoms with van der Waals surface area (Å²) in [7, 11) is 0. The number of cyclic esters (lactones) is 1. The van der Waals surface area contributed by atoms with Crippen LogP contribution in [-0.2, 0) is 14.3 Å². The Balaban J connectivity index is 2.29. The lowest BCUT2D eigenvalue weighted by molar-refractivity contribution is -0.143. The third kappa shape index (κ3) is 2.30. The van der Waals surface area contributed by atoms with Crippen molar-refractivity contribution in [1.82, 2.24) is 0 Å². The van der Waals surface area contributed by atoms with Crippen LogP contribution in [0.3, 0.4) is 0 Å². The highest BCUT2D eigenvalue weighted by atomic mass is 16.5. The molecule has 0 saturated carbocycles. The fraction of sp³-hybridized carbons (Fsp3) is 0.214. The molecule has 0 amide bonds. The number of ether oxygens (including phenoxy) is 1. The minimum Gasteiger partial charge on any atom is -0.460 e. The van der Waals surface area contributed by atoms with Gasteiger partial charge in [0.1, 0.15) is 18.3 Å². The zero-order valence-corrected chi connectivity index (χ0v) is 9.84. The molecule has 0 N–H and O–H groups in total. The topological polar surface area (TPSA) is 67.2 Å². The highest BCUT2D eigenvalue weighted by Crippen LogP contribution is 2.24. The molecular formula is C14H11NO3. The fourth-order valence-corrected chi connectivity index (χ4v) is 1.89. The van der Waals surface area contributed by atoms with Crippen LogP contribution in [0.25, 0.3) is 6.08 Å². The van der Waals surface area contributed by atoms with Crippen molar-refractivity contribution < 1.29 is 14.3 Å². The first-order valence-electron chi connectivity index (χ1n) is 5.49. The second-order valence-electron chi connectivity index (χ2n) is 4.10. The van der Waals surface area contributed by atoms with Crippen LogP contribution in [0.5, 0.6) is 0 Å². The Morgan fingerprint density at radius 2 is 2.11 bits per heavy atom. The minimum atomic E-state index is -0.777. The largest absolute Gasteiger partial charge is 0.460 e. The van der Waals surface area contributed by atoms with Crippen molar-refractivity contribution in [3.8, 4) is 6.07 Å². The first-order valence-corrected chi connectivity index (χ1v) is 5.49. The summed E-state index contributed by atoms with van der Waals surface area (Å²) >= 11 is 0. The number of carbonyl (C=O) groups excluding carboxylic acids is 2. The molecule has 0 bridgehead atoms. The maximum Gasteiger partial charge on any atom is 0.321 e. The molecule has 18 heavy (non-hydrogen) atoms. The smallest absolute Gasteiger partial charge is 0.321 e. The summed E-state index contributed by atoms with van der Waals surface area (Å²) in [6.07, 6.45) is 1.76. The number of rotatable bonds is 2. The van der Waals surface area contributed by atoms with E-state index in [1.807, 2.05) is 6.07 Å². The van der Waals surface area contributed by atoms with Gasteiger partial charge in [0.05, 0.1) is 11.6 Å². The molecule has 1 saturated heterocycles. The van der Waals surface area contributed by atoms with E-state index in [1.54, 1.807) is 30.3 Å². The van der Waals surface area contributed by atoms with Crippen LogP contribution in [0, 0.1) is 17.2 Å². The summed E-state index contributed by atoms with van der Waals surface area (Å²) in [4.78, 5) is 22.8. The number of ketones is 1. The molecule has 1 aromatic rings. The Kier molecular flexibility index (Phi) is 3.24. The molecule has 1 aliphatic rings. The summed E-state index contributed by atoms with van der Waals surface area (Å²) in [6, 6.07) is 8.94. The van der Waals surface area contributed by atoms with Crippen molar-refractivity contribution >= 4 is 17.8 Å². The van der Waals surface area contributed by atoms with Crippen molar-refractivity contribution in [2.45, 2.75) is 6.92 Å². The summed E-state index contributed by atoms with van der Waals surface area (Å²) in [6.45, 7) is 1.53.